The van der Waals surface area contributed by atoms with E-state index in [1.54, 1.807) is 12.1 Å². The molecule has 0 amide bonds. The van der Waals surface area contributed by atoms with E-state index in [9.17, 15) is 9.90 Å². The monoisotopic (exact) mass is 288 g/mol. The Morgan fingerprint density at radius 3 is 2.33 bits per heavy atom. The first-order chi connectivity index (χ1) is 10.2. The van der Waals surface area contributed by atoms with Gasteiger partial charge in [-0.15, -0.1) is 0 Å². The summed E-state index contributed by atoms with van der Waals surface area (Å²) in [5, 5.41) is 19.9. The molecule has 0 spiro atoms. The molecule has 112 valence electrons. The molecule has 2 aromatic rings. The summed E-state index contributed by atoms with van der Waals surface area (Å²) in [6.07, 6.45) is 3.59. The first-order valence-electron chi connectivity index (χ1n) is 7.22. The van der Waals surface area contributed by atoms with Crippen molar-refractivity contribution in [2.24, 2.45) is 0 Å². The summed E-state index contributed by atoms with van der Waals surface area (Å²) in [6, 6.07) is 11.1. The molecule has 0 aliphatic carbocycles. The van der Waals surface area contributed by atoms with Crippen LogP contribution >= 0.6 is 0 Å². The number of hydrogen-bond donors (Lipinski definition) is 2. The van der Waals surface area contributed by atoms with E-state index in [1.165, 1.54) is 0 Å². The molecule has 0 aliphatic rings. The minimum atomic E-state index is -0.976. The van der Waals surface area contributed by atoms with Gasteiger partial charge < -0.3 is 14.9 Å². The Labute approximate surface area is 124 Å². The Kier molecular flexibility index (Phi) is 5.58. The van der Waals surface area contributed by atoms with Gasteiger partial charge in [0.05, 0.1) is 6.61 Å². The zero-order chi connectivity index (χ0) is 15.1. The number of aliphatic hydroxyl groups excluding tert-OH is 1. The lowest BCUT2D eigenvalue weighted by atomic mass is 10.1. The normalized spacial score (nSPS) is 10.7. The largest absolute Gasteiger partial charge is 0.493 e. The van der Waals surface area contributed by atoms with Crippen molar-refractivity contribution in [3.8, 4) is 5.75 Å². The number of aromatic carboxylic acids is 1. The molecule has 0 fully saturated rings. The lowest BCUT2D eigenvalue weighted by molar-refractivity contribution is 0.0692. The predicted octanol–water partition coefficient (Wildman–Crippen LogP) is 3.47. The van der Waals surface area contributed by atoms with Gasteiger partial charge in [-0.25, -0.2) is 4.79 Å². The van der Waals surface area contributed by atoms with Crippen molar-refractivity contribution in [1.82, 2.24) is 0 Å². The van der Waals surface area contributed by atoms with Gasteiger partial charge in [0, 0.05) is 6.61 Å². The predicted molar refractivity (Wildman–Crippen MR) is 82.0 cm³/mol. The van der Waals surface area contributed by atoms with Gasteiger partial charge in [0.15, 0.2) is 0 Å². The van der Waals surface area contributed by atoms with Crippen molar-refractivity contribution in [1.29, 1.82) is 0 Å². The maximum absolute atomic E-state index is 11.3. The van der Waals surface area contributed by atoms with Crippen LogP contribution < -0.4 is 4.74 Å². The average Bonchev–Trinajstić information content (AvgIpc) is 2.49. The summed E-state index contributed by atoms with van der Waals surface area (Å²) in [5.41, 5.74) is 0.198. The number of ether oxygens (including phenoxy) is 1. The number of rotatable bonds is 8. The highest BCUT2D eigenvalue weighted by atomic mass is 16.5. The van der Waals surface area contributed by atoms with Crippen molar-refractivity contribution in [3.05, 3.63) is 42.0 Å². The first kappa shape index (κ1) is 15.3. The number of benzene rings is 2. The van der Waals surface area contributed by atoms with Crippen LogP contribution in [0.3, 0.4) is 0 Å². The Morgan fingerprint density at radius 2 is 1.67 bits per heavy atom. The van der Waals surface area contributed by atoms with Crippen molar-refractivity contribution < 1.29 is 19.7 Å². The van der Waals surface area contributed by atoms with Crippen LogP contribution in [0, 0.1) is 0 Å². The number of fused-ring (bicyclic) bond motifs is 1. The molecule has 0 atom stereocenters. The third kappa shape index (κ3) is 4.20. The van der Waals surface area contributed by atoms with Gasteiger partial charge in [0.1, 0.15) is 11.3 Å². The van der Waals surface area contributed by atoms with E-state index in [-0.39, 0.29) is 12.2 Å². The lowest BCUT2D eigenvalue weighted by Gasteiger charge is -2.10. The summed E-state index contributed by atoms with van der Waals surface area (Å²) in [5.74, 6) is -0.556. The minimum absolute atomic E-state index is 0.198. The van der Waals surface area contributed by atoms with Crippen LogP contribution in [0.2, 0.25) is 0 Å². The van der Waals surface area contributed by atoms with Crippen LogP contribution in [0.25, 0.3) is 10.8 Å². The van der Waals surface area contributed by atoms with Gasteiger partial charge in [-0.05, 0) is 42.2 Å². The molecule has 21 heavy (non-hydrogen) atoms. The van der Waals surface area contributed by atoms with Crippen LogP contribution in [0.5, 0.6) is 5.75 Å². The smallest absolute Gasteiger partial charge is 0.339 e. The third-order valence-electron chi connectivity index (χ3n) is 3.39. The Morgan fingerprint density at radius 1 is 1.00 bits per heavy atom. The molecule has 4 heteroatoms. The minimum Gasteiger partial charge on any atom is -0.493 e. The molecule has 0 saturated heterocycles. The zero-order valence-corrected chi connectivity index (χ0v) is 11.9. The maximum Gasteiger partial charge on any atom is 0.339 e. The topological polar surface area (TPSA) is 66.8 Å². The van der Waals surface area contributed by atoms with Crippen LogP contribution in [-0.2, 0) is 0 Å². The Hall–Kier alpha value is -2.07. The first-order valence-corrected chi connectivity index (χ1v) is 7.22. The number of aliphatic hydroxyl groups is 1. The van der Waals surface area contributed by atoms with E-state index in [0.29, 0.717) is 12.4 Å². The number of hydrogen-bond acceptors (Lipinski definition) is 3. The summed E-state index contributed by atoms with van der Waals surface area (Å²) < 4.78 is 5.64. The quantitative estimate of drug-likeness (QED) is 0.730. The fourth-order valence-corrected chi connectivity index (χ4v) is 2.26. The Balaban J connectivity index is 2.06. The molecule has 2 aromatic carbocycles. The van der Waals surface area contributed by atoms with Gasteiger partial charge in [0.25, 0.3) is 0 Å². The number of carbonyl (C=O) groups is 1. The summed E-state index contributed by atoms with van der Waals surface area (Å²) in [6.45, 7) is 0.707. The van der Waals surface area contributed by atoms with Gasteiger partial charge >= 0.3 is 5.97 Å². The second-order valence-electron chi connectivity index (χ2n) is 4.99. The van der Waals surface area contributed by atoms with Gasteiger partial charge in [-0.1, -0.05) is 30.7 Å². The van der Waals surface area contributed by atoms with Crippen molar-refractivity contribution in [2.45, 2.75) is 25.7 Å². The van der Waals surface area contributed by atoms with Gasteiger partial charge in [-0.2, -0.15) is 0 Å². The van der Waals surface area contributed by atoms with Gasteiger partial charge in [-0.3, -0.25) is 0 Å². The lowest BCUT2D eigenvalue weighted by Crippen LogP contribution is -2.04. The Bertz CT molecular complexity index is 607. The molecule has 0 aromatic heterocycles. The van der Waals surface area contributed by atoms with E-state index in [2.05, 4.69) is 0 Å². The highest BCUT2D eigenvalue weighted by Crippen LogP contribution is 2.26. The second-order valence-corrected chi connectivity index (χ2v) is 4.99. The molecule has 4 nitrogen and oxygen atoms in total. The number of carboxylic acids is 1. The molecule has 0 saturated carbocycles. The van der Waals surface area contributed by atoms with Crippen molar-refractivity contribution in [2.75, 3.05) is 13.2 Å². The van der Waals surface area contributed by atoms with Crippen molar-refractivity contribution in [3.63, 3.8) is 0 Å². The van der Waals surface area contributed by atoms with Gasteiger partial charge in [0.2, 0.25) is 0 Å². The highest BCUT2D eigenvalue weighted by Gasteiger charge is 2.12. The zero-order valence-electron chi connectivity index (χ0n) is 11.9. The fraction of sp³-hybridized carbons (Fsp3) is 0.353. The SMILES string of the molecule is O=C(O)c1cc2ccccc2cc1OCCCCCCO. The van der Waals surface area contributed by atoms with E-state index in [1.807, 2.05) is 24.3 Å². The van der Waals surface area contributed by atoms with E-state index < -0.39 is 5.97 Å². The third-order valence-corrected chi connectivity index (χ3v) is 3.39. The molecule has 0 unspecified atom stereocenters. The molecule has 2 rings (SSSR count). The molecule has 0 aliphatic heterocycles. The molecule has 0 bridgehead atoms. The maximum atomic E-state index is 11.3. The average molecular weight is 288 g/mol. The van der Waals surface area contributed by atoms with E-state index >= 15 is 0 Å². The molecular weight excluding hydrogens is 268 g/mol. The number of carboxylic acid groups (broad SMARTS) is 1. The summed E-state index contributed by atoms with van der Waals surface area (Å²) in [4.78, 5) is 11.3. The highest BCUT2D eigenvalue weighted by molar-refractivity contribution is 5.97. The van der Waals surface area contributed by atoms with E-state index in [0.717, 1.165) is 36.5 Å². The molecular formula is C17H20O4. The molecule has 0 heterocycles. The standard InChI is InChI=1S/C17H20O4/c18-9-5-1-2-6-10-21-16-12-14-8-4-3-7-13(14)11-15(16)17(19)20/h3-4,7-8,11-12,18H,1-2,5-6,9-10H2,(H,19,20). The van der Waals surface area contributed by atoms with Crippen LogP contribution in [0.15, 0.2) is 36.4 Å². The summed E-state index contributed by atoms with van der Waals surface area (Å²) >= 11 is 0. The molecule has 2 N–H and O–H groups in total. The number of unbranched alkanes of at least 4 members (excludes halogenated alkanes) is 3. The van der Waals surface area contributed by atoms with Crippen molar-refractivity contribution >= 4 is 16.7 Å². The summed E-state index contributed by atoms with van der Waals surface area (Å²) in [7, 11) is 0. The van der Waals surface area contributed by atoms with Crippen LogP contribution in [-0.4, -0.2) is 29.4 Å². The van der Waals surface area contributed by atoms with Crippen LogP contribution in [0.1, 0.15) is 36.0 Å². The second kappa shape index (κ2) is 7.64. The fourth-order valence-electron chi connectivity index (χ4n) is 2.26. The van der Waals surface area contributed by atoms with E-state index in [4.69, 9.17) is 9.84 Å². The molecule has 0 radical (unpaired) electrons. The van der Waals surface area contributed by atoms with Crippen LogP contribution in [0.4, 0.5) is 0 Å².